The second kappa shape index (κ2) is 8.67. The first kappa shape index (κ1) is 20.9. The summed E-state index contributed by atoms with van der Waals surface area (Å²) in [6.45, 7) is 0. The fourth-order valence-electron chi connectivity index (χ4n) is 5.17. The molecule has 0 saturated carbocycles. The van der Waals surface area contributed by atoms with E-state index in [1.807, 2.05) is 11.3 Å². The molecule has 0 aliphatic heterocycles. The zero-order valence-electron chi connectivity index (χ0n) is 19.6. The van der Waals surface area contributed by atoms with Gasteiger partial charge in [-0.05, 0) is 47.5 Å². The molecule has 0 fully saturated rings. The van der Waals surface area contributed by atoms with Gasteiger partial charge in [0.2, 0.25) is 0 Å². The smallest absolute Gasteiger partial charge is 0.0547 e. The summed E-state index contributed by atoms with van der Waals surface area (Å²) in [5.41, 5.74) is 5.91. The normalized spacial score (nSPS) is 11.3. The number of fused-ring (bicyclic) bond motifs is 5. The Morgan fingerprint density at radius 1 is 0.417 bits per heavy atom. The Bertz CT molecular complexity index is 1830. The minimum Gasteiger partial charge on any atom is -0.310 e. The minimum atomic E-state index is 1.14. The van der Waals surface area contributed by atoms with Crippen molar-refractivity contribution in [3.8, 4) is 11.1 Å². The predicted octanol–water partition coefficient (Wildman–Crippen LogP) is 10.3. The average Bonchev–Trinajstić information content (AvgIpc) is 3.33. The number of nitrogens with zero attached hydrogens (tertiary/aromatic N) is 1. The largest absolute Gasteiger partial charge is 0.310 e. The molecular weight excluding hydrogens is 454 g/mol. The molecule has 1 heterocycles. The summed E-state index contributed by atoms with van der Waals surface area (Å²) in [7, 11) is 0. The fraction of sp³-hybridized carbons (Fsp3) is 0. The van der Waals surface area contributed by atoms with Gasteiger partial charge in [0.05, 0.1) is 5.69 Å². The first-order valence-corrected chi connectivity index (χ1v) is 13.0. The van der Waals surface area contributed by atoms with Crippen LogP contribution < -0.4 is 4.90 Å². The van der Waals surface area contributed by atoms with Gasteiger partial charge >= 0.3 is 0 Å². The van der Waals surface area contributed by atoms with Crippen molar-refractivity contribution in [2.75, 3.05) is 4.90 Å². The summed E-state index contributed by atoms with van der Waals surface area (Å²) < 4.78 is 2.67. The van der Waals surface area contributed by atoms with E-state index in [9.17, 15) is 0 Å². The van der Waals surface area contributed by atoms with Gasteiger partial charge in [0.1, 0.15) is 0 Å². The molecule has 6 aromatic carbocycles. The molecule has 0 bridgehead atoms. The van der Waals surface area contributed by atoms with E-state index in [1.54, 1.807) is 0 Å². The van der Waals surface area contributed by atoms with Crippen LogP contribution in [0.4, 0.5) is 17.1 Å². The third-order valence-corrected chi connectivity index (χ3v) is 8.05. The molecule has 170 valence electrons. The summed E-state index contributed by atoms with van der Waals surface area (Å²) in [6, 6.07) is 50.1. The Hall–Kier alpha value is -4.40. The molecule has 0 atom stereocenters. The van der Waals surface area contributed by atoms with Crippen LogP contribution in [0.25, 0.3) is 42.1 Å². The minimum absolute atomic E-state index is 1.14. The van der Waals surface area contributed by atoms with Gasteiger partial charge in [0.15, 0.2) is 0 Å². The number of hydrogen-bond donors (Lipinski definition) is 0. The molecule has 0 radical (unpaired) electrons. The van der Waals surface area contributed by atoms with E-state index in [-0.39, 0.29) is 0 Å². The van der Waals surface area contributed by atoms with E-state index in [1.165, 1.54) is 47.8 Å². The topological polar surface area (TPSA) is 3.24 Å². The number of para-hydroxylation sites is 1. The van der Waals surface area contributed by atoms with Crippen LogP contribution in [0, 0.1) is 0 Å². The molecule has 0 unspecified atom stereocenters. The van der Waals surface area contributed by atoms with Gasteiger partial charge in [-0.2, -0.15) is 0 Å². The van der Waals surface area contributed by atoms with Crippen molar-refractivity contribution >= 4 is 59.3 Å². The van der Waals surface area contributed by atoms with Crippen molar-refractivity contribution < 1.29 is 0 Å². The average molecular weight is 478 g/mol. The van der Waals surface area contributed by atoms with Crippen molar-refractivity contribution in [1.82, 2.24) is 0 Å². The Labute approximate surface area is 214 Å². The molecule has 1 aromatic heterocycles. The molecule has 0 aliphatic carbocycles. The molecule has 0 spiro atoms. The van der Waals surface area contributed by atoms with Crippen molar-refractivity contribution in [1.29, 1.82) is 0 Å². The summed E-state index contributed by atoms with van der Waals surface area (Å²) in [5.74, 6) is 0. The Kier molecular flexibility index (Phi) is 5.04. The molecule has 0 amide bonds. The van der Waals surface area contributed by atoms with Crippen LogP contribution in [0.15, 0.2) is 140 Å². The lowest BCUT2D eigenvalue weighted by Crippen LogP contribution is -2.10. The lowest BCUT2D eigenvalue weighted by molar-refractivity contribution is 1.30. The lowest BCUT2D eigenvalue weighted by atomic mass is 10.0. The maximum atomic E-state index is 2.40. The van der Waals surface area contributed by atoms with Crippen molar-refractivity contribution in [3.63, 3.8) is 0 Å². The standard InChI is InChI=1S/C34H23NS/c1-3-12-24(13-4-1)25-14-11-17-27(22-25)35(26-15-5-2-6-16-26)32-23-31-29-19-9-10-21-33(29)36-34(31)30-20-8-7-18-28(30)32/h1-23H. The maximum Gasteiger partial charge on any atom is 0.0547 e. The van der Waals surface area contributed by atoms with E-state index in [4.69, 9.17) is 0 Å². The van der Waals surface area contributed by atoms with Crippen LogP contribution in [0.2, 0.25) is 0 Å². The number of anilines is 3. The fourth-order valence-corrected chi connectivity index (χ4v) is 6.39. The van der Waals surface area contributed by atoms with E-state index in [2.05, 4.69) is 144 Å². The van der Waals surface area contributed by atoms with Gasteiger partial charge in [-0.3, -0.25) is 0 Å². The third kappa shape index (κ3) is 3.46. The molecule has 7 rings (SSSR count). The Morgan fingerprint density at radius 2 is 1.03 bits per heavy atom. The summed E-state index contributed by atoms with van der Waals surface area (Å²) in [4.78, 5) is 2.40. The van der Waals surface area contributed by atoms with Crippen molar-refractivity contribution in [3.05, 3.63) is 140 Å². The van der Waals surface area contributed by atoms with Crippen LogP contribution >= 0.6 is 11.3 Å². The first-order chi connectivity index (χ1) is 17.9. The van der Waals surface area contributed by atoms with E-state index < -0.39 is 0 Å². The molecule has 2 heteroatoms. The summed E-state index contributed by atoms with van der Waals surface area (Å²) in [5, 5.41) is 5.18. The number of benzene rings is 6. The van der Waals surface area contributed by atoms with Gasteiger partial charge in [0.25, 0.3) is 0 Å². The highest BCUT2D eigenvalue weighted by Gasteiger charge is 2.19. The molecular formula is C34H23NS. The van der Waals surface area contributed by atoms with Gasteiger partial charge in [-0.1, -0.05) is 103 Å². The van der Waals surface area contributed by atoms with Gasteiger partial charge in [0, 0.05) is 42.3 Å². The predicted molar refractivity (Wildman–Crippen MR) is 157 cm³/mol. The summed E-state index contributed by atoms with van der Waals surface area (Å²) >= 11 is 1.88. The van der Waals surface area contributed by atoms with Gasteiger partial charge < -0.3 is 4.90 Å². The highest BCUT2D eigenvalue weighted by atomic mass is 32.1. The maximum absolute atomic E-state index is 2.40. The van der Waals surface area contributed by atoms with Crippen molar-refractivity contribution in [2.24, 2.45) is 0 Å². The number of rotatable bonds is 4. The highest BCUT2D eigenvalue weighted by molar-refractivity contribution is 7.26. The van der Waals surface area contributed by atoms with E-state index >= 15 is 0 Å². The monoisotopic (exact) mass is 477 g/mol. The SMILES string of the molecule is c1ccc(-c2cccc(N(c3ccccc3)c3cc4c5ccccc5sc4c4ccccc34)c2)cc1. The molecule has 0 saturated heterocycles. The van der Waals surface area contributed by atoms with Crippen LogP contribution in [-0.4, -0.2) is 0 Å². The van der Waals surface area contributed by atoms with Crippen LogP contribution in [0.5, 0.6) is 0 Å². The van der Waals surface area contributed by atoms with Crippen LogP contribution in [0.1, 0.15) is 0 Å². The van der Waals surface area contributed by atoms with Gasteiger partial charge in [-0.15, -0.1) is 11.3 Å². The second-order valence-electron chi connectivity index (χ2n) is 9.00. The third-order valence-electron chi connectivity index (χ3n) is 6.83. The van der Waals surface area contributed by atoms with Crippen molar-refractivity contribution in [2.45, 2.75) is 0 Å². The first-order valence-electron chi connectivity index (χ1n) is 12.2. The second-order valence-corrected chi connectivity index (χ2v) is 10.1. The molecule has 7 aromatic rings. The van der Waals surface area contributed by atoms with Gasteiger partial charge in [-0.25, -0.2) is 0 Å². The Morgan fingerprint density at radius 3 is 1.83 bits per heavy atom. The summed E-state index contributed by atoms with van der Waals surface area (Å²) in [6.07, 6.45) is 0. The quantitative estimate of drug-likeness (QED) is 0.244. The lowest BCUT2D eigenvalue weighted by Gasteiger charge is -2.27. The van der Waals surface area contributed by atoms with Crippen LogP contribution in [0.3, 0.4) is 0 Å². The molecule has 1 nitrogen and oxygen atoms in total. The number of hydrogen-bond acceptors (Lipinski definition) is 2. The van der Waals surface area contributed by atoms with Crippen LogP contribution in [-0.2, 0) is 0 Å². The number of thiophene rings is 1. The molecule has 36 heavy (non-hydrogen) atoms. The molecule has 0 N–H and O–H groups in total. The Balaban J connectivity index is 1.54. The highest BCUT2D eigenvalue weighted by Crippen LogP contribution is 2.46. The van der Waals surface area contributed by atoms with E-state index in [0.29, 0.717) is 0 Å². The zero-order valence-corrected chi connectivity index (χ0v) is 20.5. The van der Waals surface area contributed by atoms with E-state index in [0.717, 1.165) is 11.4 Å². The molecule has 0 aliphatic rings. The zero-order chi connectivity index (χ0) is 23.9.